The zero-order valence-electron chi connectivity index (χ0n) is 13.6. The Kier molecular flexibility index (Phi) is 5.95. The summed E-state index contributed by atoms with van der Waals surface area (Å²) in [4.78, 5) is 28.0. The second-order valence-corrected chi connectivity index (χ2v) is 5.57. The van der Waals surface area contributed by atoms with Crippen LogP contribution in [0.2, 0.25) is 0 Å². The van der Waals surface area contributed by atoms with Gasteiger partial charge in [-0.15, -0.1) is 0 Å². The number of anilines is 1. The number of nitrogens with zero attached hydrogens (tertiary/aromatic N) is 2. The number of hydrogen-bond acceptors (Lipinski definition) is 3. The van der Waals surface area contributed by atoms with Crippen molar-refractivity contribution in [2.75, 3.05) is 5.32 Å². The molecule has 2 rings (SSSR count). The molecule has 1 heterocycles. The summed E-state index contributed by atoms with van der Waals surface area (Å²) in [6.07, 6.45) is -0.518. The fraction of sp³-hybridized carbons (Fsp3) is 0.353. The number of benzene rings is 1. The molecule has 2 aromatic rings. The molecule has 0 radical (unpaired) electrons. The molecule has 1 aromatic heterocycles. The topological polar surface area (TPSA) is 64.0 Å². The minimum atomic E-state index is -4.43. The van der Waals surface area contributed by atoms with Gasteiger partial charge in [0, 0.05) is 17.4 Å². The number of halogens is 3. The van der Waals surface area contributed by atoms with Crippen LogP contribution in [0, 0.1) is 0 Å². The largest absolute Gasteiger partial charge is 0.416 e. The lowest BCUT2D eigenvalue weighted by Crippen LogP contribution is -2.27. The van der Waals surface area contributed by atoms with Gasteiger partial charge in [0.1, 0.15) is 6.54 Å². The number of unbranched alkanes of at least 4 members (excludes halogenated alkanes) is 1. The second kappa shape index (κ2) is 7.96. The number of carbonyl (C=O) groups excluding carboxylic acids is 1. The van der Waals surface area contributed by atoms with Crippen molar-refractivity contribution in [2.24, 2.45) is 0 Å². The average molecular weight is 353 g/mol. The van der Waals surface area contributed by atoms with Gasteiger partial charge in [-0.2, -0.15) is 13.2 Å². The van der Waals surface area contributed by atoms with Crippen molar-refractivity contribution in [3.63, 3.8) is 0 Å². The van der Waals surface area contributed by atoms with Gasteiger partial charge < -0.3 is 5.32 Å². The fourth-order valence-electron chi connectivity index (χ4n) is 2.17. The van der Waals surface area contributed by atoms with Gasteiger partial charge in [0.2, 0.25) is 5.91 Å². The van der Waals surface area contributed by atoms with Crippen LogP contribution in [0.3, 0.4) is 0 Å². The first-order valence-corrected chi connectivity index (χ1v) is 7.82. The molecule has 0 aliphatic heterocycles. The van der Waals surface area contributed by atoms with Crippen LogP contribution in [0.5, 0.6) is 0 Å². The Hall–Kier alpha value is -2.64. The van der Waals surface area contributed by atoms with Crippen molar-refractivity contribution in [1.82, 2.24) is 9.55 Å². The van der Waals surface area contributed by atoms with Crippen LogP contribution in [-0.4, -0.2) is 15.5 Å². The zero-order chi connectivity index (χ0) is 18.4. The molecular formula is C17H18F3N3O2. The molecule has 134 valence electrons. The Morgan fingerprint density at radius 1 is 1.24 bits per heavy atom. The quantitative estimate of drug-likeness (QED) is 0.867. The molecule has 1 aromatic carbocycles. The fourth-order valence-corrected chi connectivity index (χ4v) is 2.17. The normalized spacial score (nSPS) is 11.4. The van der Waals surface area contributed by atoms with Gasteiger partial charge in [-0.1, -0.05) is 13.3 Å². The second-order valence-electron chi connectivity index (χ2n) is 5.57. The number of alkyl halides is 3. The Bertz CT molecular complexity index is 783. The van der Waals surface area contributed by atoms with Gasteiger partial charge in [-0.05, 0) is 37.1 Å². The Morgan fingerprint density at radius 2 is 1.92 bits per heavy atom. The Morgan fingerprint density at radius 3 is 2.48 bits per heavy atom. The van der Waals surface area contributed by atoms with Crippen molar-refractivity contribution < 1.29 is 18.0 Å². The first-order chi connectivity index (χ1) is 11.8. The molecule has 0 saturated heterocycles. The van der Waals surface area contributed by atoms with E-state index in [4.69, 9.17) is 0 Å². The number of amides is 1. The smallest absolute Gasteiger partial charge is 0.325 e. The molecule has 0 aliphatic rings. The zero-order valence-corrected chi connectivity index (χ0v) is 13.6. The summed E-state index contributed by atoms with van der Waals surface area (Å²) < 4.78 is 38.6. The first kappa shape index (κ1) is 18.7. The van der Waals surface area contributed by atoms with E-state index >= 15 is 0 Å². The molecule has 0 unspecified atom stereocenters. The van der Waals surface area contributed by atoms with Crippen LogP contribution >= 0.6 is 0 Å². The highest BCUT2D eigenvalue weighted by molar-refractivity contribution is 5.90. The predicted molar refractivity (Wildman–Crippen MR) is 87.2 cm³/mol. The van der Waals surface area contributed by atoms with E-state index in [-0.39, 0.29) is 17.8 Å². The monoisotopic (exact) mass is 353 g/mol. The molecule has 0 fully saturated rings. The maximum Gasteiger partial charge on any atom is 0.416 e. The number of rotatable bonds is 6. The van der Waals surface area contributed by atoms with Crippen LogP contribution in [0.25, 0.3) is 0 Å². The molecule has 0 aliphatic carbocycles. The van der Waals surface area contributed by atoms with Gasteiger partial charge in [-0.3, -0.25) is 14.2 Å². The van der Waals surface area contributed by atoms with Gasteiger partial charge in [0.05, 0.1) is 11.9 Å². The van der Waals surface area contributed by atoms with E-state index in [1.54, 1.807) is 0 Å². The van der Waals surface area contributed by atoms with E-state index in [1.807, 2.05) is 6.92 Å². The summed E-state index contributed by atoms with van der Waals surface area (Å²) in [5, 5.41) is 2.45. The number of aryl methyl sites for hydroxylation is 1. The van der Waals surface area contributed by atoms with E-state index in [0.717, 1.165) is 41.7 Å². The minimum Gasteiger partial charge on any atom is -0.325 e. The molecule has 5 nitrogen and oxygen atoms in total. The van der Waals surface area contributed by atoms with Crippen LogP contribution in [0.1, 0.15) is 31.0 Å². The highest BCUT2D eigenvalue weighted by Gasteiger charge is 2.29. The third-order valence-corrected chi connectivity index (χ3v) is 3.53. The molecular weight excluding hydrogens is 335 g/mol. The van der Waals surface area contributed by atoms with Gasteiger partial charge in [0.25, 0.3) is 5.56 Å². The van der Waals surface area contributed by atoms with Gasteiger partial charge in [-0.25, -0.2) is 4.98 Å². The van der Waals surface area contributed by atoms with E-state index in [1.165, 1.54) is 12.4 Å². The number of carbonyl (C=O) groups is 1. The number of nitrogens with one attached hydrogen (secondary N) is 1. The predicted octanol–water partition coefficient (Wildman–Crippen LogP) is 3.24. The van der Waals surface area contributed by atoms with Crippen LogP contribution in [-0.2, 0) is 23.9 Å². The summed E-state index contributed by atoms with van der Waals surface area (Å²) in [5.74, 6) is -0.523. The van der Waals surface area contributed by atoms with Gasteiger partial charge >= 0.3 is 6.18 Å². The lowest BCUT2D eigenvalue weighted by molar-refractivity contribution is -0.137. The number of aromatic nitrogens is 2. The third-order valence-electron chi connectivity index (χ3n) is 3.53. The van der Waals surface area contributed by atoms with Crippen molar-refractivity contribution in [2.45, 2.75) is 38.9 Å². The molecule has 1 N–H and O–H groups in total. The van der Waals surface area contributed by atoms with E-state index < -0.39 is 17.6 Å². The average Bonchev–Trinajstić information content (AvgIpc) is 2.55. The molecule has 0 bridgehead atoms. The molecule has 1 amide bonds. The highest BCUT2D eigenvalue weighted by Crippen LogP contribution is 2.29. The molecule has 0 spiro atoms. The number of hydrogen-bond donors (Lipinski definition) is 1. The maximum atomic E-state index is 12.5. The summed E-state index contributed by atoms with van der Waals surface area (Å²) in [7, 11) is 0. The van der Waals surface area contributed by atoms with Crippen LogP contribution in [0.4, 0.5) is 18.9 Å². The first-order valence-electron chi connectivity index (χ1n) is 7.82. The van der Waals surface area contributed by atoms with Crippen molar-refractivity contribution in [1.29, 1.82) is 0 Å². The third kappa shape index (κ3) is 5.44. The van der Waals surface area contributed by atoms with Crippen molar-refractivity contribution in [3.8, 4) is 0 Å². The van der Waals surface area contributed by atoms with E-state index in [9.17, 15) is 22.8 Å². The van der Waals surface area contributed by atoms with Gasteiger partial charge in [0.15, 0.2) is 0 Å². The SMILES string of the molecule is CCCCc1cc(=O)n(CC(=O)Nc2ccc(C(F)(F)F)cc2)cn1. The lowest BCUT2D eigenvalue weighted by atomic mass is 10.2. The van der Waals surface area contributed by atoms with Crippen LogP contribution < -0.4 is 10.9 Å². The van der Waals surface area contributed by atoms with Crippen LogP contribution in [0.15, 0.2) is 41.5 Å². The standard InChI is InChI=1S/C17H18F3N3O2/c1-2-3-4-14-9-16(25)23(11-21-14)10-15(24)22-13-7-5-12(6-8-13)17(18,19)20/h5-9,11H,2-4,10H2,1H3,(H,22,24). The lowest BCUT2D eigenvalue weighted by Gasteiger charge is -2.10. The Labute approximate surface area is 142 Å². The molecule has 8 heteroatoms. The summed E-state index contributed by atoms with van der Waals surface area (Å²) in [5.41, 5.74) is -0.248. The summed E-state index contributed by atoms with van der Waals surface area (Å²) in [6, 6.07) is 5.48. The Balaban J connectivity index is 1.99. The maximum absolute atomic E-state index is 12.5. The highest BCUT2D eigenvalue weighted by atomic mass is 19.4. The molecule has 0 saturated carbocycles. The van der Waals surface area contributed by atoms with E-state index in [0.29, 0.717) is 12.1 Å². The van der Waals surface area contributed by atoms with Crippen molar-refractivity contribution >= 4 is 11.6 Å². The minimum absolute atomic E-state index is 0.221. The summed E-state index contributed by atoms with van der Waals surface area (Å²) >= 11 is 0. The summed E-state index contributed by atoms with van der Waals surface area (Å²) in [6.45, 7) is 1.77. The molecule has 25 heavy (non-hydrogen) atoms. The molecule has 0 atom stereocenters. The van der Waals surface area contributed by atoms with Crippen molar-refractivity contribution in [3.05, 3.63) is 58.3 Å². The van der Waals surface area contributed by atoms with E-state index in [2.05, 4.69) is 10.3 Å².